The molecule has 1 aliphatic heterocycles. The Morgan fingerprint density at radius 1 is 1.12 bits per heavy atom. The Morgan fingerprint density at radius 3 is 2.53 bits per heavy atom. The lowest BCUT2D eigenvalue weighted by atomic mass is 9.88. The smallest absolute Gasteiger partial charge is 0.311 e. The molecule has 172 valence electrons. The summed E-state index contributed by atoms with van der Waals surface area (Å²) >= 11 is 0. The second kappa shape index (κ2) is 9.29. The molecule has 0 fully saturated rings. The Balaban J connectivity index is 1.61. The van der Waals surface area contributed by atoms with Crippen LogP contribution in [0.25, 0.3) is 6.08 Å². The van der Waals surface area contributed by atoms with Crippen molar-refractivity contribution in [1.29, 1.82) is 0 Å². The molecule has 8 nitrogen and oxygen atoms in total. The van der Waals surface area contributed by atoms with Crippen molar-refractivity contribution in [3.63, 3.8) is 0 Å². The first-order valence-electron chi connectivity index (χ1n) is 10.6. The van der Waals surface area contributed by atoms with Gasteiger partial charge >= 0.3 is 5.69 Å². The Hall–Kier alpha value is -4.30. The monoisotopic (exact) mass is 458 g/mol. The SMILES string of the molecule is COc1ccc(C(=O)C[C@@]2(O)C(=O)N(C/C=C/c3ccccc3)c3ccccc32)cc1[N+](=O)[O-]. The van der Waals surface area contributed by atoms with Gasteiger partial charge in [-0.3, -0.25) is 19.7 Å². The van der Waals surface area contributed by atoms with Crippen molar-refractivity contribution in [3.8, 4) is 5.75 Å². The van der Waals surface area contributed by atoms with E-state index in [2.05, 4.69) is 0 Å². The van der Waals surface area contributed by atoms with Crippen LogP contribution in [0, 0.1) is 10.1 Å². The number of nitro groups is 1. The number of benzene rings is 3. The van der Waals surface area contributed by atoms with Crippen LogP contribution in [0.5, 0.6) is 5.75 Å². The van der Waals surface area contributed by atoms with Gasteiger partial charge in [0.15, 0.2) is 17.1 Å². The van der Waals surface area contributed by atoms with Gasteiger partial charge in [-0.25, -0.2) is 0 Å². The fourth-order valence-electron chi connectivity index (χ4n) is 4.06. The number of aliphatic hydroxyl groups is 1. The highest BCUT2D eigenvalue weighted by Gasteiger charge is 2.50. The van der Waals surface area contributed by atoms with Gasteiger partial charge in [0.25, 0.3) is 5.91 Å². The van der Waals surface area contributed by atoms with Crippen LogP contribution in [-0.4, -0.2) is 35.4 Å². The summed E-state index contributed by atoms with van der Waals surface area (Å²) in [7, 11) is 1.29. The summed E-state index contributed by atoms with van der Waals surface area (Å²) in [6.45, 7) is 0.204. The minimum Gasteiger partial charge on any atom is -0.490 e. The molecular weight excluding hydrogens is 436 g/mol. The Bertz CT molecular complexity index is 1290. The molecule has 1 atom stereocenters. The van der Waals surface area contributed by atoms with Crippen LogP contribution in [0.3, 0.4) is 0 Å². The molecule has 4 rings (SSSR count). The summed E-state index contributed by atoms with van der Waals surface area (Å²) in [6.07, 6.45) is 3.13. The van der Waals surface area contributed by atoms with Gasteiger partial charge in [0.2, 0.25) is 0 Å². The van der Waals surface area contributed by atoms with Crippen LogP contribution in [0.1, 0.15) is 27.9 Å². The summed E-state index contributed by atoms with van der Waals surface area (Å²) in [4.78, 5) is 38.5. The van der Waals surface area contributed by atoms with Crippen LogP contribution in [-0.2, 0) is 10.4 Å². The fraction of sp³-hybridized carbons (Fsp3) is 0.154. The summed E-state index contributed by atoms with van der Waals surface area (Å²) in [5.74, 6) is -1.21. The van der Waals surface area contributed by atoms with Crippen molar-refractivity contribution in [3.05, 3.63) is 106 Å². The van der Waals surface area contributed by atoms with E-state index in [9.17, 15) is 24.8 Å². The minimum atomic E-state index is -2.08. The average molecular weight is 458 g/mol. The van der Waals surface area contributed by atoms with Gasteiger partial charge < -0.3 is 14.7 Å². The van der Waals surface area contributed by atoms with Gasteiger partial charge in [0.05, 0.1) is 24.1 Å². The number of rotatable bonds is 8. The molecule has 1 heterocycles. The van der Waals surface area contributed by atoms with Gasteiger partial charge in [-0.15, -0.1) is 0 Å². The number of anilines is 1. The third-order valence-electron chi connectivity index (χ3n) is 5.75. The lowest BCUT2D eigenvalue weighted by molar-refractivity contribution is -0.385. The number of carbonyl (C=O) groups excluding carboxylic acids is 2. The summed E-state index contributed by atoms with van der Waals surface area (Å²) in [6, 6.07) is 20.1. The number of nitro benzene ring substituents is 1. The van der Waals surface area contributed by atoms with Gasteiger partial charge in [0, 0.05) is 23.7 Å². The van der Waals surface area contributed by atoms with Crippen molar-refractivity contribution < 1.29 is 24.4 Å². The van der Waals surface area contributed by atoms with Crippen molar-refractivity contribution in [1.82, 2.24) is 0 Å². The Kier molecular flexibility index (Phi) is 6.25. The van der Waals surface area contributed by atoms with E-state index in [0.29, 0.717) is 11.3 Å². The van der Waals surface area contributed by atoms with E-state index in [1.807, 2.05) is 42.5 Å². The number of fused-ring (bicyclic) bond motifs is 1. The standard InChI is InChI=1S/C26H22N2O6/c1-34-24-14-13-19(16-22(24)28(32)33)23(29)17-26(31)20-11-5-6-12-21(20)27(25(26)30)15-7-10-18-8-3-2-4-9-18/h2-14,16,31H,15,17H2,1H3/b10-7+/t26-/m0/s1. The number of hydrogen-bond donors (Lipinski definition) is 1. The summed E-state index contributed by atoms with van der Waals surface area (Å²) < 4.78 is 4.97. The second-order valence-corrected chi connectivity index (χ2v) is 7.85. The fourth-order valence-corrected chi connectivity index (χ4v) is 4.06. The van der Waals surface area contributed by atoms with Gasteiger partial charge in [-0.05, 0) is 23.8 Å². The summed E-state index contributed by atoms with van der Waals surface area (Å²) in [5.41, 5.74) is -0.636. The third kappa shape index (κ3) is 4.18. The zero-order valence-electron chi connectivity index (χ0n) is 18.4. The number of ether oxygens (including phenoxy) is 1. The number of ketones is 1. The molecule has 0 aliphatic carbocycles. The Labute approximate surface area is 195 Å². The van der Waals surface area contributed by atoms with Gasteiger partial charge in [0.1, 0.15) is 0 Å². The number of hydrogen-bond acceptors (Lipinski definition) is 6. The number of para-hydroxylation sites is 1. The molecule has 3 aromatic rings. The van der Waals surface area contributed by atoms with E-state index >= 15 is 0 Å². The molecular formula is C26H22N2O6. The normalized spacial score (nSPS) is 17.1. The largest absolute Gasteiger partial charge is 0.490 e. The van der Waals surface area contributed by atoms with Crippen molar-refractivity contribution >= 4 is 29.1 Å². The molecule has 0 spiro atoms. The maximum atomic E-state index is 13.3. The molecule has 3 aromatic carbocycles. The average Bonchev–Trinajstić information content (AvgIpc) is 3.06. The predicted molar refractivity (Wildman–Crippen MR) is 127 cm³/mol. The number of amides is 1. The van der Waals surface area contributed by atoms with Crippen molar-refractivity contribution in [2.75, 3.05) is 18.6 Å². The van der Waals surface area contributed by atoms with E-state index in [1.54, 1.807) is 24.3 Å². The quantitative estimate of drug-likeness (QED) is 0.309. The number of nitrogens with zero attached hydrogens (tertiary/aromatic N) is 2. The minimum absolute atomic E-state index is 0.00799. The molecule has 0 saturated carbocycles. The van der Waals surface area contributed by atoms with E-state index in [1.165, 1.54) is 24.1 Å². The topological polar surface area (TPSA) is 110 Å². The molecule has 0 unspecified atom stereocenters. The van der Waals surface area contributed by atoms with Crippen LogP contribution >= 0.6 is 0 Å². The first-order chi connectivity index (χ1) is 16.3. The van der Waals surface area contributed by atoms with Crippen LogP contribution in [0.15, 0.2) is 78.9 Å². The zero-order valence-corrected chi connectivity index (χ0v) is 18.4. The van der Waals surface area contributed by atoms with Crippen LogP contribution < -0.4 is 9.64 Å². The van der Waals surface area contributed by atoms with Gasteiger partial charge in [-0.2, -0.15) is 0 Å². The lowest BCUT2D eigenvalue weighted by Gasteiger charge is -2.22. The molecule has 0 aromatic heterocycles. The molecule has 34 heavy (non-hydrogen) atoms. The van der Waals surface area contributed by atoms with Gasteiger partial charge in [-0.1, -0.05) is 60.7 Å². The van der Waals surface area contributed by atoms with Crippen LogP contribution in [0.4, 0.5) is 11.4 Å². The van der Waals surface area contributed by atoms with Crippen molar-refractivity contribution in [2.24, 2.45) is 0 Å². The number of Topliss-reactive ketones (excluding diaryl/α,β-unsaturated/α-hetero) is 1. The van der Waals surface area contributed by atoms with E-state index in [0.717, 1.165) is 11.6 Å². The first kappa shape index (κ1) is 22.9. The summed E-state index contributed by atoms with van der Waals surface area (Å²) in [5, 5.41) is 22.7. The molecule has 8 heteroatoms. The van der Waals surface area contributed by atoms with E-state index in [-0.39, 0.29) is 23.5 Å². The molecule has 0 saturated heterocycles. The third-order valence-corrected chi connectivity index (χ3v) is 5.75. The highest BCUT2D eigenvalue weighted by Crippen LogP contribution is 2.43. The molecule has 1 amide bonds. The maximum absolute atomic E-state index is 13.3. The highest BCUT2D eigenvalue weighted by atomic mass is 16.6. The van der Waals surface area contributed by atoms with Crippen LogP contribution in [0.2, 0.25) is 0 Å². The highest BCUT2D eigenvalue weighted by molar-refractivity contribution is 6.11. The molecule has 0 radical (unpaired) electrons. The number of methoxy groups -OCH3 is 1. The molecule has 1 N–H and O–H groups in total. The lowest BCUT2D eigenvalue weighted by Crippen LogP contribution is -2.42. The predicted octanol–water partition coefficient (Wildman–Crippen LogP) is 4.12. The maximum Gasteiger partial charge on any atom is 0.311 e. The molecule has 1 aliphatic rings. The molecule has 0 bridgehead atoms. The zero-order chi connectivity index (χ0) is 24.3. The second-order valence-electron chi connectivity index (χ2n) is 7.85. The van der Waals surface area contributed by atoms with E-state index in [4.69, 9.17) is 4.74 Å². The number of carbonyl (C=O) groups is 2. The van der Waals surface area contributed by atoms with E-state index < -0.39 is 28.6 Å². The first-order valence-corrected chi connectivity index (χ1v) is 10.6. The van der Waals surface area contributed by atoms with Crippen molar-refractivity contribution in [2.45, 2.75) is 12.0 Å². The Morgan fingerprint density at radius 2 is 1.82 bits per heavy atom.